The summed E-state index contributed by atoms with van der Waals surface area (Å²) in [5, 5.41) is 6.68. The van der Waals surface area contributed by atoms with Crippen molar-refractivity contribution in [1.82, 2.24) is 5.43 Å². The van der Waals surface area contributed by atoms with Gasteiger partial charge in [-0.1, -0.05) is 11.6 Å². The fraction of sp³-hybridized carbons (Fsp3) is 0.0833. The number of nitrogens with one attached hydrogen (secondary N) is 2. The first kappa shape index (κ1) is 24.3. The SMILES string of the molecule is COc1ccc(C(=O)Oc2ccc(/C=N/NC(=O)C(=O)Nc3ccc(Cl)cc3)cc2)cc1OC. The molecule has 0 aliphatic carbocycles. The van der Waals surface area contributed by atoms with Crippen LogP contribution in [0.1, 0.15) is 15.9 Å². The molecule has 174 valence electrons. The molecular weight excluding hydrogens is 462 g/mol. The Balaban J connectivity index is 1.53. The van der Waals surface area contributed by atoms with Crippen molar-refractivity contribution < 1.29 is 28.6 Å². The van der Waals surface area contributed by atoms with Crippen LogP contribution < -0.4 is 25.0 Å². The Kier molecular flexibility index (Phi) is 8.20. The molecule has 2 amide bonds. The number of amides is 2. The molecule has 2 N–H and O–H groups in total. The van der Waals surface area contributed by atoms with Gasteiger partial charge in [0.25, 0.3) is 0 Å². The van der Waals surface area contributed by atoms with E-state index < -0.39 is 17.8 Å². The van der Waals surface area contributed by atoms with Gasteiger partial charge in [-0.25, -0.2) is 10.2 Å². The van der Waals surface area contributed by atoms with E-state index in [9.17, 15) is 14.4 Å². The number of esters is 1. The zero-order chi connectivity index (χ0) is 24.5. The summed E-state index contributed by atoms with van der Waals surface area (Å²) in [6.07, 6.45) is 1.34. The van der Waals surface area contributed by atoms with Crippen molar-refractivity contribution in [3.63, 3.8) is 0 Å². The maximum absolute atomic E-state index is 12.4. The van der Waals surface area contributed by atoms with Gasteiger partial charge in [-0.05, 0) is 72.3 Å². The third-order valence-electron chi connectivity index (χ3n) is 4.40. The molecule has 0 bridgehead atoms. The van der Waals surface area contributed by atoms with Crippen LogP contribution in [0.3, 0.4) is 0 Å². The van der Waals surface area contributed by atoms with Crippen molar-refractivity contribution in [3.05, 3.63) is 82.9 Å². The molecule has 0 fully saturated rings. The number of ether oxygens (including phenoxy) is 3. The Labute approximate surface area is 200 Å². The molecule has 0 saturated heterocycles. The fourth-order valence-electron chi connectivity index (χ4n) is 2.69. The fourth-order valence-corrected chi connectivity index (χ4v) is 2.81. The molecule has 0 heterocycles. The van der Waals surface area contributed by atoms with E-state index in [2.05, 4.69) is 15.8 Å². The summed E-state index contributed by atoms with van der Waals surface area (Å²) in [5.41, 5.74) is 3.45. The number of hydrazone groups is 1. The smallest absolute Gasteiger partial charge is 0.343 e. The Bertz CT molecular complexity index is 1210. The minimum atomic E-state index is -0.938. The Morgan fingerprint density at radius 2 is 1.53 bits per heavy atom. The third-order valence-corrected chi connectivity index (χ3v) is 4.65. The quantitative estimate of drug-likeness (QED) is 0.175. The number of hydrogen-bond donors (Lipinski definition) is 2. The predicted molar refractivity (Wildman–Crippen MR) is 127 cm³/mol. The van der Waals surface area contributed by atoms with Gasteiger partial charge in [-0.2, -0.15) is 5.10 Å². The number of carbonyl (C=O) groups excluding carboxylic acids is 3. The van der Waals surface area contributed by atoms with Crippen molar-refractivity contribution >= 4 is 41.3 Å². The van der Waals surface area contributed by atoms with E-state index in [1.165, 1.54) is 26.5 Å². The van der Waals surface area contributed by atoms with Gasteiger partial charge in [0.05, 0.1) is 26.0 Å². The molecule has 3 aromatic carbocycles. The third kappa shape index (κ3) is 6.57. The first-order chi connectivity index (χ1) is 16.4. The standard InChI is InChI=1S/C24H20ClN3O6/c1-32-20-12-5-16(13-21(20)33-2)24(31)34-19-10-3-15(4-11-19)14-26-28-23(30)22(29)27-18-8-6-17(25)7-9-18/h3-14H,1-2H3,(H,27,29)(H,28,30)/b26-14+. The molecule has 0 aliphatic rings. The molecule has 34 heavy (non-hydrogen) atoms. The molecule has 3 aromatic rings. The highest BCUT2D eigenvalue weighted by Crippen LogP contribution is 2.28. The van der Waals surface area contributed by atoms with Gasteiger partial charge in [-0.15, -0.1) is 0 Å². The molecule has 0 unspecified atom stereocenters. The van der Waals surface area contributed by atoms with E-state index >= 15 is 0 Å². The van der Waals surface area contributed by atoms with Gasteiger partial charge in [0.15, 0.2) is 11.5 Å². The number of benzene rings is 3. The van der Waals surface area contributed by atoms with Gasteiger partial charge in [0, 0.05) is 10.7 Å². The predicted octanol–water partition coefficient (Wildman–Crippen LogP) is 3.67. The number of rotatable bonds is 7. The van der Waals surface area contributed by atoms with Crippen molar-refractivity contribution in [2.75, 3.05) is 19.5 Å². The van der Waals surface area contributed by atoms with Gasteiger partial charge in [0.1, 0.15) is 5.75 Å². The maximum Gasteiger partial charge on any atom is 0.343 e. The van der Waals surface area contributed by atoms with Crippen LogP contribution in [0.15, 0.2) is 71.8 Å². The summed E-state index contributed by atoms with van der Waals surface area (Å²) < 4.78 is 15.7. The number of halogens is 1. The van der Waals surface area contributed by atoms with Crippen molar-refractivity contribution in [2.45, 2.75) is 0 Å². The van der Waals surface area contributed by atoms with Crippen LogP contribution in [0.4, 0.5) is 5.69 Å². The summed E-state index contributed by atoms with van der Waals surface area (Å²) in [5.74, 6) is -1.17. The average molecular weight is 482 g/mol. The second-order valence-electron chi connectivity index (χ2n) is 6.69. The van der Waals surface area contributed by atoms with Crippen LogP contribution >= 0.6 is 11.6 Å². The summed E-state index contributed by atoms with van der Waals surface area (Å²) in [6.45, 7) is 0. The largest absolute Gasteiger partial charge is 0.493 e. The lowest BCUT2D eigenvalue weighted by molar-refractivity contribution is -0.136. The first-order valence-electron chi connectivity index (χ1n) is 9.84. The monoisotopic (exact) mass is 481 g/mol. The molecule has 10 heteroatoms. The van der Waals surface area contributed by atoms with Gasteiger partial charge < -0.3 is 19.5 Å². The van der Waals surface area contributed by atoms with Crippen LogP contribution in [0.25, 0.3) is 0 Å². The molecule has 0 spiro atoms. The number of anilines is 1. The lowest BCUT2D eigenvalue weighted by atomic mass is 10.2. The van der Waals surface area contributed by atoms with Crippen LogP contribution in [0.2, 0.25) is 5.02 Å². The Morgan fingerprint density at radius 1 is 0.853 bits per heavy atom. The van der Waals surface area contributed by atoms with Crippen LogP contribution in [0, 0.1) is 0 Å². The lowest BCUT2D eigenvalue weighted by Crippen LogP contribution is -2.32. The first-order valence-corrected chi connectivity index (χ1v) is 10.2. The maximum atomic E-state index is 12.4. The van der Waals surface area contributed by atoms with Gasteiger partial charge in [0.2, 0.25) is 0 Å². The molecule has 0 saturated carbocycles. The minimum absolute atomic E-state index is 0.294. The molecule has 0 radical (unpaired) electrons. The van der Waals surface area contributed by atoms with Crippen LogP contribution in [0.5, 0.6) is 17.2 Å². The van der Waals surface area contributed by atoms with Gasteiger partial charge >= 0.3 is 17.8 Å². The average Bonchev–Trinajstić information content (AvgIpc) is 2.85. The molecular formula is C24H20ClN3O6. The van der Waals surface area contributed by atoms with Crippen molar-refractivity contribution in [2.24, 2.45) is 5.10 Å². The second kappa shape index (κ2) is 11.5. The highest BCUT2D eigenvalue weighted by Gasteiger charge is 2.14. The van der Waals surface area contributed by atoms with Gasteiger partial charge in [-0.3, -0.25) is 9.59 Å². The van der Waals surface area contributed by atoms with E-state index in [1.54, 1.807) is 60.7 Å². The van der Waals surface area contributed by atoms with E-state index in [1.807, 2.05) is 0 Å². The van der Waals surface area contributed by atoms with E-state index in [4.69, 9.17) is 25.8 Å². The number of methoxy groups -OCH3 is 2. The summed E-state index contributed by atoms with van der Waals surface area (Å²) in [4.78, 5) is 36.1. The number of carbonyl (C=O) groups is 3. The number of nitrogens with zero attached hydrogens (tertiary/aromatic N) is 1. The summed E-state index contributed by atoms with van der Waals surface area (Å²) in [7, 11) is 2.98. The number of hydrogen-bond acceptors (Lipinski definition) is 7. The van der Waals surface area contributed by atoms with E-state index in [0.717, 1.165) is 0 Å². The van der Waals surface area contributed by atoms with Crippen LogP contribution in [-0.2, 0) is 9.59 Å². The Morgan fingerprint density at radius 3 is 2.18 bits per heavy atom. The Hall–Kier alpha value is -4.37. The topological polar surface area (TPSA) is 115 Å². The molecule has 0 aliphatic heterocycles. The molecule has 3 rings (SSSR count). The molecule has 9 nitrogen and oxygen atoms in total. The van der Waals surface area contributed by atoms with Crippen molar-refractivity contribution in [1.29, 1.82) is 0 Å². The zero-order valence-corrected chi connectivity index (χ0v) is 19.0. The summed E-state index contributed by atoms with van der Waals surface area (Å²) >= 11 is 5.78. The normalized spacial score (nSPS) is 10.4. The molecule has 0 aromatic heterocycles. The van der Waals surface area contributed by atoms with Crippen molar-refractivity contribution in [3.8, 4) is 17.2 Å². The zero-order valence-electron chi connectivity index (χ0n) is 18.2. The molecule has 0 atom stereocenters. The van der Waals surface area contributed by atoms with E-state index in [-0.39, 0.29) is 0 Å². The highest BCUT2D eigenvalue weighted by atomic mass is 35.5. The second-order valence-corrected chi connectivity index (χ2v) is 7.12. The summed E-state index contributed by atoms with van der Waals surface area (Å²) in [6, 6.07) is 17.4. The minimum Gasteiger partial charge on any atom is -0.493 e. The van der Waals surface area contributed by atoms with E-state index in [0.29, 0.717) is 39.1 Å². The van der Waals surface area contributed by atoms with Crippen LogP contribution in [-0.4, -0.2) is 38.2 Å². The lowest BCUT2D eigenvalue weighted by Gasteiger charge is -2.09. The highest BCUT2D eigenvalue weighted by molar-refractivity contribution is 6.39.